The minimum Gasteiger partial charge on any atom is -0.215 e. The van der Waals surface area contributed by atoms with Gasteiger partial charge in [0, 0.05) is 0 Å². The van der Waals surface area contributed by atoms with Crippen LogP contribution in [0.3, 0.4) is 0 Å². The maximum Gasteiger partial charge on any atom is 0.243 e. The van der Waals surface area contributed by atoms with Crippen LogP contribution in [0.5, 0.6) is 0 Å². The Labute approximate surface area is 86.1 Å². The molecule has 1 aliphatic carbocycles. The summed E-state index contributed by atoms with van der Waals surface area (Å²) in [5.74, 6) is 0. The summed E-state index contributed by atoms with van der Waals surface area (Å²) in [6.07, 6.45) is 3.44. The van der Waals surface area contributed by atoms with Gasteiger partial charge in [0.15, 0.2) is 0 Å². The summed E-state index contributed by atoms with van der Waals surface area (Å²) in [6.45, 7) is 0. The number of hydrogen-bond acceptors (Lipinski definition) is 3. The first-order chi connectivity index (χ1) is 6.84. The molecule has 3 rings (SSSR count). The van der Waals surface area contributed by atoms with Gasteiger partial charge in [0.25, 0.3) is 0 Å². The quantitative estimate of drug-likeness (QED) is 0.662. The first-order valence-corrected chi connectivity index (χ1v) is 5.03. The number of aryl methyl sites for hydroxylation is 2. The van der Waals surface area contributed by atoms with E-state index in [9.17, 15) is 0 Å². The molecule has 0 saturated heterocycles. The summed E-state index contributed by atoms with van der Waals surface area (Å²) in [5, 5.41) is 8.12. The molecule has 0 N–H and O–H groups in total. The predicted octanol–water partition coefficient (Wildman–Crippen LogP) is 2.17. The molecule has 1 aliphatic rings. The van der Waals surface area contributed by atoms with Crippen molar-refractivity contribution in [3.63, 3.8) is 0 Å². The van der Waals surface area contributed by atoms with E-state index in [0.29, 0.717) is 0 Å². The Bertz CT molecular complexity index is 510. The van der Waals surface area contributed by atoms with Crippen molar-refractivity contribution in [1.29, 1.82) is 0 Å². The standard InChI is InChI=1S/C10H8ClN3/c11-10-12-8-5-4-6-2-1-3-7(6)9(8)13-14-10/h4-5H,1-3H2. The van der Waals surface area contributed by atoms with Crippen molar-refractivity contribution in [3.05, 3.63) is 28.5 Å². The van der Waals surface area contributed by atoms with E-state index in [1.807, 2.05) is 6.07 Å². The third-order valence-electron chi connectivity index (χ3n) is 2.68. The van der Waals surface area contributed by atoms with Crippen LogP contribution in [0, 0.1) is 0 Å². The molecule has 0 fully saturated rings. The van der Waals surface area contributed by atoms with Gasteiger partial charge in [-0.1, -0.05) is 6.07 Å². The predicted molar refractivity (Wildman–Crippen MR) is 54.4 cm³/mol. The molecule has 0 spiro atoms. The smallest absolute Gasteiger partial charge is 0.215 e. The van der Waals surface area contributed by atoms with E-state index >= 15 is 0 Å². The van der Waals surface area contributed by atoms with Crippen LogP contribution in [0.25, 0.3) is 11.0 Å². The molecule has 0 amide bonds. The number of rotatable bonds is 0. The fourth-order valence-corrected chi connectivity index (χ4v) is 2.18. The zero-order valence-corrected chi connectivity index (χ0v) is 8.25. The van der Waals surface area contributed by atoms with Gasteiger partial charge in [-0.3, -0.25) is 0 Å². The highest BCUT2D eigenvalue weighted by molar-refractivity contribution is 6.28. The number of fused-ring (bicyclic) bond motifs is 3. The highest BCUT2D eigenvalue weighted by atomic mass is 35.5. The number of halogens is 1. The maximum absolute atomic E-state index is 5.68. The molecule has 0 unspecified atom stereocenters. The second kappa shape index (κ2) is 2.89. The molecule has 0 atom stereocenters. The average Bonchev–Trinajstić information content (AvgIpc) is 2.65. The summed E-state index contributed by atoms with van der Waals surface area (Å²) in [4.78, 5) is 4.14. The Kier molecular flexibility index (Phi) is 1.67. The molecule has 0 bridgehead atoms. The van der Waals surface area contributed by atoms with E-state index in [0.717, 1.165) is 23.9 Å². The Morgan fingerprint density at radius 3 is 3.00 bits per heavy atom. The molecule has 1 aromatic carbocycles. The van der Waals surface area contributed by atoms with Gasteiger partial charge < -0.3 is 0 Å². The van der Waals surface area contributed by atoms with Crippen LogP contribution in [0.2, 0.25) is 5.28 Å². The molecule has 70 valence electrons. The van der Waals surface area contributed by atoms with E-state index in [4.69, 9.17) is 11.6 Å². The van der Waals surface area contributed by atoms with E-state index in [1.165, 1.54) is 17.5 Å². The molecule has 0 radical (unpaired) electrons. The largest absolute Gasteiger partial charge is 0.243 e. The lowest BCUT2D eigenvalue weighted by Gasteiger charge is -2.02. The van der Waals surface area contributed by atoms with Gasteiger partial charge in [0.05, 0.1) is 5.52 Å². The fraction of sp³-hybridized carbons (Fsp3) is 0.300. The van der Waals surface area contributed by atoms with Crippen molar-refractivity contribution in [2.24, 2.45) is 0 Å². The Morgan fingerprint density at radius 2 is 2.07 bits per heavy atom. The van der Waals surface area contributed by atoms with E-state index < -0.39 is 0 Å². The minimum atomic E-state index is 0.218. The molecular formula is C10H8ClN3. The van der Waals surface area contributed by atoms with E-state index in [-0.39, 0.29) is 5.28 Å². The molecule has 0 saturated carbocycles. The highest BCUT2D eigenvalue weighted by Gasteiger charge is 2.15. The SMILES string of the molecule is Clc1nnc2c3c(ccc2n1)CCC3. The van der Waals surface area contributed by atoms with Crippen LogP contribution in [-0.4, -0.2) is 15.2 Å². The number of benzene rings is 1. The highest BCUT2D eigenvalue weighted by Crippen LogP contribution is 2.27. The summed E-state index contributed by atoms with van der Waals surface area (Å²) >= 11 is 5.68. The van der Waals surface area contributed by atoms with Gasteiger partial charge in [0.1, 0.15) is 5.52 Å². The normalized spacial score (nSPS) is 14.6. The van der Waals surface area contributed by atoms with Gasteiger partial charge in [-0.15, -0.1) is 10.2 Å². The Balaban J connectivity index is 2.39. The van der Waals surface area contributed by atoms with Crippen LogP contribution < -0.4 is 0 Å². The first-order valence-electron chi connectivity index (χ1n) is 4.65. The van der Waals surface area contributed by atoms with Crippen molar-refractivity contribution >= 4 is 22.6 Å². The third-order valence-corrected chi connectivity index (χ3v) is 2.84. The topological polar surface area (TPSA) is 38.7 Å². The Hall–Kier alpha value is -1.22. The van der Waals surface area contributed by atoms with Gasteiger partial charge in [-0.05, 0) is 48.1 Å². The second-order valence-electron chi connectivity index (χ2n) is 3.51. The molecule has 4 heteroatoms. The average molecular weight is 206 g/mol. The van der Waals surface area contributed by atoms with E-state index in [2.05, 4.69) is 21.2 Å². The zero-order valence-electron chi connectivity index (χ0n) is 7.50. The summed E-state index contributed by atoms with van der Waals surface area (Å²) in [5.41, 5.74) is 4.46. The maximum atomic E-state index is 5.68. The van der Waals surface area contributed by atoms with Crippen LogP contribution in [0.15, 0.2) is 12.1 Å². The summed E-state index contributed by atoms with van der Waals surface area (Å²) in [6, 6.07) is 4.09. The second-order valence-corrected chi connectivity index (χ2v) is 3.84. The number of hydrogen-bond donors (Lipinski definition) is 0. The van der Waals surface area contributed by atoms with Crippen molar-refractivity contribution in [1.82, 2.24) is 15.2 Å². The number of aromatic nitrogens is 3. The van der Waals surface area contributed by atoms with Crippen LogP contribution in [-0.2, 0) is 12.8 Å². The van der Waals surface area contributed by atoms with Crippen LogP contribution in [0.1, 0.15) is 17.5 Å². The molecular weight excluding hydrogens is 198 g/mol. The first kappa shape index (κ1) is 8.12. The lowest BCUT2D eigenvalue weighted by Crippen LogP contribution is -1.94. The van der Waals surface area contributed by atoms with E-state index in [1.54, 1.807) is 0 Å². The third kappa shape index (κ3) is 1.09. The van der Waals surface area contributed by atoms with Crippen molar-refractivity contribution in [2.45, 2.75) is 19.3 Å². The van der Waals surface area contributed by atoms with Gasteiger partial charge in [0.2, 0.25) is 5.28 Å². The molecule has 1 heterocycles. The van der Waals surface area contributed by atoms with Crippen molar-refractivity contribution in [3.8, 4) is 0 Å². The zero-order chi connectivity index (χ0) is 9.54. The van der Waals surface area contributed by atoms with Gasteiger partial charge >= 0.3 is 0 Å². The molecule has 0 aliphatic heterocycles. The van der Waals surface area contributed by atoms with Gasteiger partial charge in [-0.25, -0.2) is 4.98 Å². The monoisotopic (exact) mass is 205 g/mol. The summed E-state index contributed by atoms with van der Waals surface area (Å²) in [7, 11) is 0. The van der Waals surface area contributed by atoms with Crippen LogP contribution >= 0.6 is 11.6 Å². The Morgan fingerprint density at radius 1 is 1.14 bits per heavy atom. The lowest BCUT2D eigenvalue weighted by molar-refractivity contribution is 0.910. The molecule has 2 aromatic rings. The lowest BCUT2D eigenvalue weighted by atomic mass is 10.1. The van der Waals surface area contributed by atoms with Crippen molar-refractivity contribution < 1.29 is 0 Å². The number of nitrogens with zero attached hydrogens (tertiary/aromatic N) is 3. The summed E-state index contributed by atoms with van der Waals surface area (Å²) < 4.78 is 0. The van der Waals surface area contributed by atoms with Crippen molar-refractivity contribution in [2.75, 3.05) is 0 Å². The molecule has 14 heavy (non-hydrogen) atoms. The minimum absolute atomic E-state index is 0.218. The molecule has 3 nitrogen and oxygen atoms in total. The molecule has 1 aromatic heterocycles. The van der Waals surface area contributed by atoms with Gasteiger partial charge in [-0.2, -0.15) is 0 Å². The fourth-order valence-electron chi connectivity index (χ4n) is 2.05. The van der Waals surface area contributed by atoms with Crippen LogP contribution in [0.4, 0.5) is 0 Å².